The van der Waals surface area contributed by atoms with E-state index in [2.05, 4.69) is 10.6 Å². The van der Waals surface area contributed by atoms with Gasteiger partial charge in [0.2, 0.25) is 11.8 Å². The van der Waals surface area contributed by atoms with Crippen LogP contribution in [0.4, 0.5) is 0 Å². The number of nitrogens with one attached hydrogen (secondary N) is 2. The molecule has 0 fully saturated rings. The Morgan fingerprint density at radius 3 is 2.54 bits per heavy atom. The first-order chi connectivity index (χ1) is 11.5. The van der Waals surface area contributed by atoms with Gasteiger partial charge in [0.25, 0.3) is 0 Å². The summed E-state index contributed by atoms with van der Waals surface area (Å²) in [6, 6.07) is 11.3. The molecule has 0 spiro atoms. The van der Waals surface area contributed by atoms with Crippen LogP contribution in [0.15, 0.2) is 47.2 Å². The fraction of sp³-hybridized carbons (Fsp3) is 0.333. The Bertz CT molecular complexity index is 654. The molecule has 0 saturated carbocycles. The minimum atomic E-state index is -1.09. The molecule has 1 aromatic heterocycles. The predicted octanol–water partition coefficient (Wildman–Crippen LogP) is 1.82. The Labute approximate surface area is 145 Å². The van der Waals surface area contributed by atoms with Gasteiger partial charge in [-0.2, -0.15) is 11.3 Å². The molecular formula is C18H22N2O3S. The topological polar surface area (TPSA) is 78.4 Å². The van der Waals surface area contributed by atoms with Gasteiger partial charge in [-0.15, -0.1) is 0 Å². The van der Waals surface area contributed by atoms with E-state index in [-0.39, 0.29) is 31.3 Å². The van der Waals surface area contributed by atoms with Gasteiger partial charge < -0.3 is 15.7 Å². The van der Waals surface area contributed by atoms with Crippen LogP contribution < -0.4 is 10.6 Å². The van der Waals surface area contributed by atoms with E-state index in [0.29, 0.717) is 6.42 Å². The van der Waals surface area contributed by atoms with Gasteiger partial charge in [0.1, 0.15) is 5.60 Å². The molecule has 1 heterocycles. The van der Waals surface area contributed by atoms with Crippen LogP contribution in [0.5, 0.6) is 0 Å². The number of carbonyl (C=O) groups excluding carboxylic acids is 2. The standard InChI is InChI=1S/C18H22N2O3S/c1-18(23,15-8-10-24-12-15)13-20-16(21)7-9-19-17(22)11-14-5-3-2-4-6-14/h2-6,8,10,12,23H,7,9,11,13H2,1H3,(H,19,22)(H,20,21). The summed E-state index contributed by atoms with van der Waals surface area (Å²) in [6.07, 6.45) is 0.482. The molecule has 1 atom stereocenters. The second kappa shape index (κ2) is 8.61. The van der Waals surface area contributed by atoms with E-state index in [9.17, 15) is 14.7 Å². The van der Waals surface area contributed by atoms with E-state index in [0.717, 1.165) is 11.1 Å². The lowest BCUT2D eigenvalue weighted by molar-refractivity contribution is -0.122. The van der Waals surface area contributed by atoms with E-state index in [1.807, 2.05) is 47.2 Å². The number of aliphatic hydroxyl groups is 1. The highest BCUT2D eigenvalue weighted by atomic mass is 32.1. The molecule has 0 saturated heterocycles. The van der Waals surface area contributed by atoms with Gasteiger partial charge in [0.05, 0.1) is 13.0 Å². The number of hydrogen-bond acceptors (Lipinski definition) is 4. The summed E-state index contributed by atoms with van der Waals surface area (Å²) >= 11 is 1.50. The summed E-state index contributed by atoms with van der Waals surface area (Å²) in [5, 5.41) is 19.5. The minimum absolute atomic E-state index is 0.112. The highest BCUT2D eigenvalue weighted by Gasteiger charge is 2.24. The van der Waals surface area contributed by atoms with Gasteiger partial charge in [0, 0.05) is 13.0 Å². The average molecular weight is 346 g/mol. The molecule has 6 heteroatoms. The molecule has 0 aliphatic heterocycles. The van der Waals surface area contributed by atoms with Crippen LogP contribution in [0.2, 0.25) is 0 Å². The number of rotatable bonds is 8. The zero-order valence-corrected chi connectivity index (χ0v) is 14.4. The van der Waals surface area contributed by atoms with Crippen LogP contribution in [0.25, 0.3) is 0 Å². The van der Waals surface area contributed by atoms with Crippen LogP contribution in [0.1, 0.15) is 24.5 Å². The van der Waals surface area contributed by atoms with Gasteiger partial charge in [0.15, 0.2) is 0 Å². The van der Waals surface area contributed by atoms with Crippen LogP contribution in [0, 0.1) is 0 Å². The smallest absolute Gasteiger partial charge is 0.224 e. The van der Waals surface area contributed by atoms with Crippen LogP contribution >= 0.6 is 11.3 Å². The van der Waals surface area contributed by atoms with Crippen LogP contribution in [-0.2, 0) is 21.6 Å². The first kappa shape index (κ1) is 18.2. The molecular weight excluding hydrogens is 324 g/mol. The van der Waals surface area contributed by atoms with Crippen molar-refractivity contribution in [3.63, 3.8) is 0 Å². The van der Waals surface area contributed by atoms with Crippen molar-refractivity contribution in [2.75, 3.05) is 13.1 Å². The monoisotopic (exact) mass is 346 g/mol. The molecule has 0 radical (unpaired) electrons. The highest BCUT2D eigenvalue weighted by molar-refractivity contribution is 7.08. The number of amides is 2. The summed E-state index contributed by atoms with van der Waals surface area (Å²) in [6.45, 7) is 2.08. The van der Waals surface area contributed by atoms with Crippen molar-refractivity contribution in [3.8, 4) is 0 Å². The van der Waals surface area contributed by atoms with Crippen molar-refractivity contribution in [1.82, 2.24) is 10.6 Å². The third-order valence-corrected chi connectivity index (χ3v) is 4.34. The van der Waals surface area contributed by atoms with Gasteiger partial charge in [-0.05, 0) is 34.9 Å². The number of carbonyl (C=O) groups is 2. The third-order valence-electron chi connectivity index (χ3n) is 3.65. The van der Waals surface area contributed by atoms with Crippen molar-refractivity contribution < 1.29 is 14.7 Å². The summed E-state index contributed by atoms with van der Waals surface area (Å²) < 4.78 is 0. The van der Waals surface area contributed by atoms with Gasteiger partial charge in [-0.3, -0.25) is 9.59 Å². The Morgan fingerprint density at radius 2 is 1.88 bits per heavy atom. The lowest BCUT2D eigenvalue weighted by Gasteiger charge is -2.22. The molecule has 2 amide bonds. The maximum Gasteiger partial charge on any atom is 0.224 e. The quantitative estimate of drug-likeness (QED) is 0.682. The Hall–Kier alpha value is -2.18. The number of hydrogen-bond donors (Lipinski definition) is 3. The second-order valence-electron chi connectivity index (χ2n) is 5.82. The van der Waals surface area contributed by atoms with E-state index < -0.39 is 5.60 Å². The fourth-order valence-electron chi connectivity index (χ4n) is 2.19. The summed E-state index contributed by atoms with van der Waals surface area (Å²) in [5.74, 6) is -0.315. The molecule has 5 nitrogen and oxygen atoms in total. The van der Waals surface area contributed by atoms with Gasteiger partial charge >= 0.3 is 0 Å². The molecule has 3 N–H and O–H groups in total. The van der Waals surface area contributed by atoms with Gasteiger partial charge in [-0.25, -0.2) is 0 Å². The first-order valence-electron chi connectivity index (χ1n) is 7.80. The lowest BCUT2D eigenvalue weighted by Crippen LogP contribution is -2.39. The fourth-order valence-corrected chi connectivity index (χ4v) is 2.97. The maximum atomic E-state index is 11.8. The Kier molecular flexibility index (Phi) is 6.52. The summed E-state index contributed by atoms with van der Waals surface area (Å²) in [4.78, 5) is 23.6. The molecule has 1 unspecified atom stereocenters. The highest BCUT2D eigenvalue weighted by Crippen LogP contribution is 2.21. The zero-order chi connectivity index (χ0) is 17.4. The molecule has 1 aromatic carbocycles. The number of benzene rings is 1. The van der Waals surface area contributed by atoms with Crippen LogP contribution in [-0.4, -0.2) is 30.0 Å². The molecule has 128 valence electrons. The first-order valence-corrected chi connectivity index (χ1v) is 8.74. The summed E-state index contributed by atoms with van der Waals surface area (Å²) in [7, 11) is 0. The maximum absolute atomic E-state index is 11.8. The normalized spacial score (nSPS) is 13.1. The van der Waals surface area contributed by atoms with Gasteiger partial charge in [-0.1, -0.05) is 30.3 Å². The van der Waals surface area contributed by atoms with E-state index in [4.69, 9.17) is 0 Å². The van der Waals surface area contributed by atoms with E-state index in [1.54, 1.807) is 6.92 Å². The predicted molar refractivity (Wildman–Crippen MR) is 94.7 cm³/mol. The zero-order valence-electron chi connectivity index (χ0n) is 13.6. The molecule has 24 heavy (non-hydrogen) atoms. The number of thiophene rings is 1. The van der Waals surface area contributed by atoms with Crippen molar-refractivity contribution in [2.45, 2.75) is 25.4 Å². The van der Waals surface area contributed by atoms with Crippen LogP contribution in [0.3, 0.4) is 0 Å². The molecule has 0 bridgehead atoms. The molecule has 0 aliphatic rings. The van der Waals surface area contributed by atoms with Crippen molar-refractivity contribution in [2.24, 2.45) is 0 Å². The SMILES string of the molecule is CC(O)(CNC(=O)CCNC(=O)Cc1ccccc1)c1ccsc1. The van der Waals surface area contributed by atoms with Crippen molar-refractivity contribution in [3.05, 3.63) is 58.3 Å². The van der Waals surface area contributed by atoms with E-state index >= 15 is 0 Å². The largest absolute Gasteiger partial charge is 0.384 e. The molecule has 2 aromatic rings. The summed E-state index contributed by atoms with van der Waals surface area (Å²) in [5.41, 5.74) is 0.627. The minimum Gasteiger partial charge on any atom is -0.384 e. The lowest BCUT2D eigenvalue weighted by atomic mass is 9.99. The molecule has 0 aliphatic carbocycles. The van der Waals surface area contributed by atoms with E-state index in [1.165, 1.54) is 11.3 Å². The molecule has 2 rings (SSSR count). The Balaban J connectivity index is 1.65. The van der Waals surface area contributed by atoms with Crippen molar-refractivity contribution >= 4 is 23.2 Å². The second-order valence-corrected chi connectivity index (χ2v) is 6.60. The average Bonchev–Trinajstić information content (AvgIpc) is 3.09. The van der Waals surface area contributed by atoms with Crippen molar-refractivity contribution in [1.29, 1.82) is 0 Å². The third kappa shape index (κ3) is 5.79. The Morgan fingerprint density at radius 1 is 1.12 bits per heavy atom.